The van der Waals surface area contributed by atoms with E-state index in [0.29, 0.717) is 18.0 Å². The van der Waals surface area contributed by atoms with E-state index < -0.39 is 18.1 Å². The van der Waals surface area contributed by atoms with Crippen molar-refractivity contribution in [1.29, 1.82) is 0 Å². The average molecular weight is 345 g/mol. The molecular formula is C14H24N2O2S2Si. The SMILES string of the molecule is C[Si](C)(C)CSc1ccc(S(=O)(=O)N2CCCCC2)cn1. The monoisotopic (exact) mass is 344 g/mol. The van der Waals surface area contributed by atoms with Gasteiger partial charge in [0, 0.05) is 19.3 Å². The molecule has 1 aromatic rings. The van der Waals surface area contributed by atoms with Crippen LogP contribution in [-0.2, 0) is 10.0 Å². The van der Waals surface area contributed by atoms with Gasteiger partial charge in [0.05, 0.1) is 13.1 Å². The van der Waals surface area contributed by atoms with Crippen LogP contribution >= 0.6 is 11.8 Å². The van der Waals surface area contributed by atoms with Gasteiger partial charge in [0.1, 0.15) is 4.90 Å². The molecule has 0 aliphatic carbocycles. The van der Waals surface area contributed by atoms with Crippen LogP contribution in [0.1, 0.15) is 19.3 Å². The lowest BCUT2D eigenvalue weighted by Gasteiger charge is -2.25. The maximum atomic E-state index is 12.5. The number of hydrogen-bond donors (Lipinski definition) is 0. The van der Waals surface area contributed by atoms with Gasteiger partial charge in [-0.2, -0.15) is 4.31 Å². The summed E-state index contributed by atoms with van der Waals surface area (Å²) >= 11 is 1.72. The standard InChI is InChI=1S/C14H24N2O2S2Si/c1-21(2,3)12-19-14-8-7-13(11-15-14)20(17,18)16-9-5-4-6-10-16/h7-8,11H,4-6,9-10,12H2,1-3H3. The first-order valence-corrected chi connectivity index (χ1v) is 13.5. The highest BCUT2D eigenvalue weighted by molar-refractivity contribution is 8.00. The summed E-state index contributed by atoms with van der Waals surface area (Å²) in [5, 5.41) is 2.01. The van der Waals surface area contributed by atoms with Crippen molar-refractivity contribution in [3.05, 3.63) is 18.3 Å². The van der Waals surface area contributed by atoms with Crippen LogP contribution in [0.25, 0.3) is 0 Å². The molecule has 1 fully saturated rings. The van der Waals surface area contributed by atoms with E-state index in [2.05, 4.69) is 24.6 Å². The van der Waals surface area contributed by atoms with Gasteiger partial charge in [-0.05, 0) is 30.4 Å². The number of aromatic nitrogens is 1. The number of rotatable bonds is 5. The minimum Gasteiger partial charge on any atom is -0.249 e. The third-order valence-electron chi connectivity index (χ3n) is 3.32. The number of nitrogens with zero attached hydrogens (tertiary/aromatic N) is 2. The van der Waals surface area contributed by atoms with Crippen LogP contribution in [0.5, 0.6) is 0 Å². The molecule has 0 atom stereocenters. The highest BCUT2D eigenvalue weighted by Gasteiger charge is 2.26. The Morgan fingerprint density at radius 2 is 1.86 bits per heavy atom. The van der Waals surface area contributed by atoms with Crippen LogP contribution in [-0.4, -0.2) is 44.2 Å². The Hall–Kier alpha value is -0.373. The highest BCUT2D eigenvalue weighted by atomic mass is 32.2. The maximum Gasteiger partial charge on any atom is 0.244 e. The molecule has 1 saturated heterocycles. The summed E-state index contributed by atoms with van der Waals surface area (Å²) in [5.74, 6) is 0. The Kier molecular flexibility index (Phi) is 5.51. The molecule has 0 unspecified atom stereocenters. The van der Waals surface area contributed by atoms with Gasteiger partial charge in [0.25, 0.3) is 0 Å². The quantitative estimate of drug-likeness (QED) is 0.608. The Morgan fingerprint density at radius 1 is 1.19 bits per heavy atom. The zero-order valence-electron chi connectivity index (χ0n) is 13.0. The summed E-state index contributed by atoms with van der Waals surface area (Å²) in [6.45, 7) is 8.21. The van der Waals surface area contributed by atoms with Crippen molar-refractivity contribution >= 4 is 29.9 Å². The maximum absolute atomic E-state index is 12.5. The molecule has 21 heavy (non-hydrogen) atoms. The minimum atomic E-state index is -3.35. The summed E-state index contributed by atoms with van der Waals surface area (Å²) in [4.78, 5) is 4.64. The summed E-state index contributed by atoms with van der Waals surface area (Å²) < 4.78 is 26.6. The van der Waals surface area contributed by atoms with Crippen LogP contribution in [0, 0.1) is 0 Å². The van der Waals surface area contributed by atoms with Gasteiger partial charge in [-0.1, -0.05) is 26.1 Å². The average Bonchev–Trinajstić information content (AvgIpc) is 2.46. The fraction of sp³-hybridized carbons (Fsp3) is 0.643. The van der Waals surface area contributed by atoms with Crippen LogP contribution in [0.15, 0.2) is 28.3 Å². The molecule has 0 bridgehead atoms. The second-order valence-corrected chi connectivity index (χ2v) is 15.6. The largest absolute Gasteiger partial charge is 0.249 e. The summed E-state index contributed by atoms with van der Waals surface area (Å²) in [6, 6.07) is 3.53. The molecule has 0 radical (unpaired) electrons. The smallest absolute Gasteiger partial charge is 0.244 e. The molecule has 0 amide bonds. The molecule has 1 aliphatic heterocycles. The van der Waals surface area contributed by atoms with Crippen molar-refractivity contribution in [3.63, 3.8) is 0 Å². The van der Waals surface area contributed by atoms with E-state index in [0.717, 1.165) is 29.7 Å². The summed E-state index contributed by atoms with van der Waals surface area (Å²) in [6.07, 6.45) is 4.54. The fourth-order valence-electron chi connectivity index (χ4n) is 2.15. The van der Waals surface area contributed by atoms with Gasteiger partial charge in [-0.3, -0.25) is 0 Å². The second-order valence-electron chi connectivity index (χ2n) is 6.65. The lowest BCUT2D eigenvalue weighted by Crippen LogP contribution is -2.35. The molecule has 4 nitrogen and oxygen atoms in total. The van der Waals surface area contributed by atoms with Gasteiger partial charge in [0.15, 0.2) is 0 Å². The van der Waals surface area contributed by atoms with Gasteiger partial charge in [0.2, 0.25) is 10.0 Å². The van der Waals surface area contributed by atoms with Crippen molar-refractivity contribution in [2.75, 3.05) is 18.5 Å². The zero-order valence-corrected chi connectivity index (χ0v) is 15.6. The van der Waals surface area contributed by atoms with Gasteiger partial charge < -0.3 is 0 Å². The van der Waals surface area contributed by atoms with Crippen LogP contribution in [0.3, 0.4) is 0 Å². The lowest BCUT2D eigenvalue weighted by atomic mass is 10.2. The number of sulfonamides is 1. The Balaban J connectivity index is 2.07. The number of hydrogen-bond acceptors (Lipinski definition) is 4. The van der Waals surface area contributed by atoms with Crippen molar-refractivity contribution < 1.29 is 8.42 Å². The van der Waals surface area contributed by atoms with E-state index in [4.69, 9.17) is 0 Å². The van der Waals surface area contributed by atoms with Crippen molar-refractivity contribution in [2.45, 2.75) is 48.8 Å². The molecular weight excluding hydrogens is 320 g/mol. The number of piperidine rings is 1. The molecule has 0 saturated carbocycles. The highest BCUT2D eigenvalue weighted by Crippen LogP contribution is 2.23. The normalized spacial score (nSPS) is 17.9. The van der Waals surface area contributed by atoms with Crippen molar-refractivity contribution in [2.24, 2.45) is 0 Å². The van der Waals surface area contributed by atoms with Gasteiger partial charge >= 0.3 is 0 Å². The first kappa shape index (κ1) is 17.0. The molecule has 1 aliphatic rings. The van der Waals surface area contributed by atoms with E-state index in [1.807, 2.05) is 6.07 Å². The van der Waals surface area contributed by atoms with Gasteiger partial charge in [-0.25, -0.2) is 13.4 Å². The molecule has 2 rings (SSSR count). The van der Waals surface area contributed by atoms with Crippen LogP contribution in [0.4, 0.5) is 0 Å². The van der Waals surface area contributed by atoms with Gasteiger partial charge in [-0.15, -0.1) is 11.8 Å². The first-order chi connectivity index (χ1) is 9.79. The molecule has 7 heteroatoms. The number of thioether (sulfide) groups is 1. The van der Waals surface area contributed by atoms with E-state index in [1.165, 1.54) is 6.20 Å². The number of pyridine rings is 1. The lowest BCUT2D eigenvalue weighted by molar-refractivity contribution is 0.346. The molecule has 0 spiro atoms. The van der Waals surface area contributed by atoms with Crippen molar-refractivity contribution in [3.8, 4) is 0 Å². The summed E-state index contributed by atoms with van der Waals surface area (Å²) in [7, 11) is -4.47. The van der Waals surface area contributed by atoms with Crippen LogP contribution < -0.4 is 0 Å². The first-order valence-electron chi connectivity index (χ1n) is 7.38. The molecule has 2 heterocycles. The Labute approximate surface area is 133 Å². The topological polar surface area (TPSA) is 50.3 Å². The predicted molar refractivity (Wildman–Crippen MR) is 90.9 cm³/mol. The third-order valence-corrected chi connectivity index (χ3v) is 9.78. The predicted octanol–water partition coefficient (Wildman–Crippen LogP) is 3.23. The Morgan fingerprint density at radius 3 is 2.38 bits per heavy atom. The molecule has 1 aromatic heterocycles. The Bertz CT molecular complexity index is 562. The van der Waals surface area contributed by atoms with Crippen molar-refractivity contribution in [1.82, 2.24) is 9.29 Å². The second kappa shape index (κ2) is 6.81. The van der Waals surface area contributed by atoms with E-state index in [9.17, 15) is 8.42 Å². The van der Waals surface area contributed by atoms with E-state index in [-0.39, 0.29) is 0 Å². The molecule has 0 aromatic carbocycles. The van der Waals surface area contributed by atoms with Crippen LogP contribution in [0.2, 0.25) is 19.6 Å². The zero-order chi connectivity index (χ0) is 15.5. The van der Waals surface area contributed by atoms with E-state index in [1.54, 1.807) is 22.1 Å². The minimum absolute atomic E-state index is 0.321. The molecule has 0 N–H and O–H groups in total. The summed E-state index contributed by atoms with van der Waals surface area (Å²) in [5.41, 5.74) is 0. The molecule has 118 valence electrons. The van der Waals surface area contributed by atoms with E-state index >= 15 is 0 Å². The third kappa shape index (κ3) is 4.80. The fourth-order valence-corrected chi connectivity index (χ4v) is 6.23.